The molecule has 0 spiro atoms. The van der Waals surface area contributed by atoms with Gasteiger partial charge in [-0.3, -0.25) is 10.1 Å². The van der Waals surface area contributed by atoms with Crippen LogP contribution in [-0.4, -0.2) is 11.2 Å². The van der Waals surface area contributed by atoms with Crippen LogP contribution in [0.5, 0.6) is 0 Å². The normalized spacial score (nSPS) is 10.3. The summed E-state index contributed by atoms with van der Waals surface area (Å²) in [6, 6.07) is 11.8. The lowest BCUT2D eigenvalue weighted by Gasteiger charge is -2.07. The standard InChI is InChI=1S/C14H13FN2O2S/c1-20-12-5-3-11(4-6-12)16-9-10-2-7-14(17(18)19)13(15)8-10/h2-8,16H,9H2,1H3. The van der Waals surface area contributed by atoms with Crippen LogP contribution in [0.15, 0.2) is 47.4 Å². The van der Waals surface area contributed by atoms with Gasteiger partial charge in [0, 0.05) is 23.2 Å². The number of thioether (sulfide) groups is 1. The van der Waals surface area contributed by atoms with Crippen LogP contribution < -0.4 is 5.32 Å². The van der Waals surface area contributed by atoms with E-state index in [1.165, 1.54) is 12.1 Å². The highest BCUT2D eigenvalue weighted by atomic mass is 32.2. The number of hydrogen-bond acceptors (Lipinski definition) is 4. The molecule has 20 heavy (non-hydrogen) atoms. The zero-order valence-electron chi connectivity index (χ0n) is 10.8. The summed E-state index contributed by atoms with van der Waals surface area (Å²) in [5.41, 5.74) is 1.07. The van der Waals surface area contributed by atoms with Crippen LogP contribution in [0.2, 0.25) is 0 Å². The largest absolute Gasteiger partial charge is 0.381 e. The van der Waals surface area contributed by atoms with Crippen molar-refractivity contribution in [1.82, 2.24) is 0 Å². The molecule has 0 fully saturated rings. The molecule has 0 unspecified atom stereocenters. The molecule has 0 aliphatic rings. The van der Waals surface area contributed by atoms with E-state index >= 15 is 0 Å². The molecular formula is C14H13FN2O2S. The van der Waals surface area contributed by atoms with Gasteiger partial charge >= 0.3 is 5.69 Å². The number of nitrogens with one attached hydrogen (secondary N) is 1. The fourth-order valence-electron chi connectivity index (χ4n) is 1.72. The van der Waals surface area contributed by atoms with Gasteiger partial charge in [0.05, 0.1) is 4.92 Å². The summed E-state index contributed by atoms with van der Waals surface area (Å²) in [5.74, 6) is -0.813. The third-order valence-corrected chi connectivity index (χ3v) is 3.54. The van der Waals surface area contributed by atoms with Gasteiger partial charge in [0.25, 0.3) is 0 Å². The maximum atomic E-state index is 13.5. The minimum Gasteiger partial charge on any atom is -0.381 e. The Morgan fingerprint density at radius 2 is 1.95 bits per heavy atom. The number of benzene rings is 2. The van der Waals surface area contributed by atoms with Crippen molar-refractivity contribution in [2.24, 2.45) is 0 Å². The van der Waals surface area contributed by atoms with Crippen LogP contribution in [0.4, 0.5) is 15.8 Å². The molecule has 0 aliphatic carbocycles. The zero-order chi connectivity index (χ0) is 14.5. The molecule has 0 aliphatic heterocycles. The predicted octanol–water partition coefficient (Wildman–Crippen LogP) is 4.07. The Balaban J connectivity index is 2.03. The van der Waals surface area contributed by atoms with Gasteiger partial charge in [0.1, 0.15) is 0 Å². The second-order valence-corrected chi connectivity index (χ2v) is 5.00. The highest BCUT2D eigenvalue weighted by Gasteiger charge is 2.13. The van der Waals surface area contributed by atoms with Crippen molar-refractivity contribution in [3.05, 3.63) is 64.0 Å². The van der Waals surface area contributed by atoms with Gasteiger partial charge in [-0.25, -0.2) is 0 Å². The van der Waals surface area contributed by atoms with E-state index in [4.69, 9.17) is 0 Å². The van der Waals surface area contributed by atoms with Gasteiger partial charge < -0.3 is 5.32 Å². The summed E-state index contributed by atoms with van der Waals surface area (Å²) in [6.45, 7) is 0.410. The molecule has 2 aromatic rings. The number of hydrogen-bond donors (Lipinski definition) is 1. The minimum absolute atomic E-state index is 0.410. The van der Waals surface area contributed by atoms with Crippen LogP contribution in [0.3, 0.4) is 0 Å². The van der Waals surface area contributed by atoms with Crippen molar-refractivity contribution in [3.8, 4) is 0 Å². The molecule has 6 heteroatoms. The van der Waals surface area contributed by atoms with Crippen molar-refractivity contribution in [2.75, 3.05) is 11.6 Å². The van der Waals surface area contributed by atoms with Crippen molar-refractivity contribution in [2.45, 2.75) is 11.4 Å². The van der Waals surface area contributed by atoms with E-state index in [9.17, 15) is 14.5 Å². The van der Waals surface area contributed by atoms with Gasteiger partial charge in [-0.1, -0.05) is 6.07 Å². The molecule has 2 aromatic carbocycles. The quantitative estimate of drug-likeness (QED) is 0.513. The molecule has 0 bridgehead atoms. The molecule has 2 rings (SSSR count). The lowest BCUT2D eigenvalue weighted by Crippen LogP contribution is -2.01. The van der Waals surface area contributed by atoms with E-state index in [-0.39, 0.29) is 0 Å². The highest BCUT2D eigenvalue weighted by molar-refractivity contribution is 7.98. The smallest absolute Gasteiger partial charge is 0.304 e. The second kappa shape index (κ2) is 6.38. The maximum absolute atomic E-state index is 13.5. The molecule has 0 saturated carbocycles. The lowest BCUT2D eigenvalue weighted by atomic mass is 10.2. The van der Waals surface area contributed by atoms with Gasteiger partial charge in [-0.15, -0.1) is 11.8 Å². The van der Waals surface area contributed by atoms with Crippen LogP contribution >= 0.6 is 11.8 Å². The highest BCUT2D eigenvalue weighted by Crippen LogP contribution is 2.20. The Hall–Kier alpha value is -2.08. The topological polar surface area (TPSA) is 55.2 Å². The van der Waals surface area contributed by atoms with E-state index in [0.29, 0.717) is 12.1 Å². The summed E-state index contributed by atoms with van der Waals surface area (Å²) in [4.78, 5) is 11.0. The molecule has 0 saturated heterocycles. The fourth-order valence-corrected chi connectivity index (χ4v) is 2.13. The number of halogens is 1. The molecule has 4 nitrogen and oxygen atoms in total. The molecule has 0 atom stereocenters. The number of nitro benzene ring substituents is 1. The predicted molar refractivity (Wildman–Crippen MR) is 78.6 cm³/mol. The SMILES string of the molecule is CSc1ccc(NCc2ccc([N+](=O)[O-])c(F)c2)cc1. The molecule has 1 N–H and O–H groups in total. The molecular weight excluding hydrogens is 279 g/mol. The summed E-state index contributed by atoms with van der Waals surface area (Å²) in [5, 5.41) is 13.7. The molecule has 0 amide bonds. The van der Waals surface area contributed by atoms with Gasteiger partial charge in [-0.05, 0) is 42.2 Å². The Morgan fingerprint density at radius 3 is 2.50 bits per heavy atom. The van der Waals surface area contributed by atoms with Crippen LogP contribution in [0.1, 0.15) is 5.56 Å². The number of rotatable bonds is 5. The number of anilines is 1. The molecule has 104 valence electrons. The van der Waals surface area contributed by atoms with Crippen molar-refractivity contribution >= 4 is 23.1 Å². The average molecular weight is 292 g/mol. The van der Waals surface area contributed by atoms with E-state index in [1.54, 1.807) is 17.8 Å². The van der Waals surface area contributed by atoms with E-state index < -0.39 is 16.4 Å². The number of nitro groups is 1. The first-order chi connectivity index (χ1) is 9.60. The van der Waals surface area contributed by atoms with Gasteiger partial charge in [0.2, 0.25) is 5.82 Å². The first kappa shape index (κ1) is 14.3. The summed E-state index contributed by atoms with van der Waals surface area (Å²) >= 11 is 1.66. The first-order valence-corrected chi connectivity index (χ1v) is 7.13. The van der Waals surface area contributed by atoms with Crippen LogP contribution in [-0.2, 0) is 6.54 Å². The average Bonchev–Trinajstić information content (AvgIpc) is 2.45. The van der Waals surface area contributed by atoms with Crippen LogP contribution in [0.25, 0.3) is 0 Å². The third kappa shape index (κ3) is 3.48. The van der Waals surface area contributed by atoms with Crippen molar-refractivity contribution < 1.29 is 9.31 Å². The maximum Gasteiger partial charge on any atom is 0.304 e. The summed E-state index contributed by atoms with van der Waals surface area (Å²) < 4.78 is 13.5. The lowest BCUT2D eigenvalue weighted by molar-refractivity contribution is -0.387. The third-order valence-electron chi connectivity index (χ3n) is 2.80. The molecule has 0 radical (unpaired) electrons. The van der Waals surface area contributed by atoms with Gasteiger partial charge in [0.15, 0.2) is 0 Å². The Labute approximate surface area is 120 Å². The Bertz CT molecular complexity index is 617. The fraction of sp³-hybridized carbons (Fsp3) is 0.143. The van der Waals surface area contributed by atoms with Crippen molar-refractivity contribution in [1.29, 1.82) is 0 Å². The van der Waals surface area contributed by atoms with Gasteiger partial charge in [-0.2, -0.15) is 4.39 Å². The Kier molecular flexibility index (Phi) is 4.57. The zero-order valence-corrected chi connectivity index (χ0v) is 11.6. The van der Waals surface area contributed by atoms with E-state index in [1.807, 2.05) is 30.5 Å². The van der Waals surface area contributed by atoms with E-state index in [0.717, 1.165) is 10.6 Å². The van der Waals surface area contributed by atoms with E-state index in [2.05, 4.69) is 5.32 Å². The monoisotopic (exact) mass is 292 g/mol. The van der Waals surface area contributed by atoms with Crippen molar-refractivity contribution in [3.63, 3.8) is 0 Å². The number of nitrogens with zero attached hydrogens (tertiary/aromatic N) is 1. The summed E-state index contributed by atoms with van der Waals surface area (Å²) in [6.07, 6.45) is 2.00. The first-order valence-electron chi connectivity index (χ1n) is 5.91. The van der Waals surface area contributed by atoms with Crippen LogP contribution in [0, 0.1) is 15.9 Å². The second-order valence-electron chi connectivity index (χ2n) is 4.12. The molecule has 0 aromatic heterocycles. The summed E-state index contributed by atoms with van der Waals surface area (Å²) in [7, 11) is 0. The Morgan fingerprint density at radius 1 is 1.25 bits per heavy atom. The minimum atomic E-state index is -0.813. The molecule has 0 heterocycles.